The van der Waals surface area contributed by atoms with Gasteiger partial charge >= 0.3 is 0 Å². The minimum Gasteiger partial charge on any atom is -0.297 e. The topological polar surface area (TPSA) is 46.5 Å². The van der Waals surface area contributed by atoms with Gasteiger partial charge in [0, 0.05) is 24.0 Å². The quantitative estimate of drug-likeness (QED) is 0.840. The van der Waals surface area contributed by atoms with Gasteiger partial charge in [-0.05, 0) is 37.2 Å². The maximum Gasteiger partial charge on any atom is 0.195 e. The Morgan fingerprint density at radius 1 is 1.26 bits per heavy atom. The molecule has 0 bridgehead atoms. The van der Waals surface area contributed by atoms with Crippen LogP contribution in [0.2, 0.25) is 0 Å². The summed E-state index contributed by atoms with van der Waals surface area (Å²) in [5, 5.41) is 7.29. The van der Waals surface area contributed by atoms with E-state index in [1.165, 1.54) is 0 Å². The van der Waals surface area contributed by atoms with Crippen LogP contribution in [0.25, 0.3) is 11.4 Å². The van der Waals surface area contributed by atoms with Crippen LogP contribution in [-0.2, 0) is 0 Å². The highest BCUT2D eigenvalue weighted by Gasteiger charge is 2.20. The van der Waals surface area contributed by atoms with Gasteiger partial charge in [-0.3, -0.25) is 14.6 Å². The van der Waals surface area contributed by atoms with Gasteiger partial charge in [0.15, 0.2) is 10.6 Å². The molecule has 0 saturated carbocycles. The highest BCUT2D eigenvalue weighted by atomic mass is 32.1. The summed E-state index contributed by atoms with van der Waals surface area (Å²) in [7, 11) is 0. The lowest BCUT2D eigenvalue weighted by molar-refractivity contribution is 0.332. The molecule has 0 radical (unpaired) electrons. The molecule has 5 heteroatoms. The molecule has 4 nitrogen and oxygen atoms in total. The van der Waals surface area contributed by atoms with Crippen molar-refractivity contribution < 1.29 is 0 Å². The molecule has 0 fully saturated rings. The summed E-state index contributed by atoms with van der Waals surface area (Å²) in [5.74, 6) is 1.50. The van der Waals surface area contributed by atoms with E-state index in [1.807, 2.05) is 12.1 Å². The standard InChI is InChI=1S/C14H20N4S/c1-4-11(5-2)10(3)18-13(16-17-14(18)19)12-6-8-15-9-7-12/h6-11H,4-5H2,1-3H3,(H,17,19). The van der Waals surface area contributed by atoms with Crippen molar-refractivity contribution in [1.82, 2.24) is 19.7 Å². The van der Waals surface area contributed by atoms with Gasteiger partial charge in [-0.1, -0.05) is 26.7 Å². The summed E-state index contributed by atoms with van der Waals surface area (Å²) in [6.45, 7) is 6.66. The van der Waals surface area contributed by atoms with Gasteiger partial charge in [-0.15, -0.1) is 0 Å². The molecule has 2 heterocycles. The Balaban J connectivity index is 2.47. The molecule has 2 rings (SSSR count). The number of aromatic nitrogens is 4. The molecule has 0 saturated heterocycles. The van der Waals surface area contributed by atoms with E-state index in [0.717, 1.165) is 24.2 Å². The minimum absolute atomic E-state index is 0.337. The third-order valence-corrected chi connectivity index (χ3v) is 4.07. The number of pyridine rings is 1. The van der Waals surface area contributed by atoms with E-state index in [9.17, 15) is 0 Å². The van der Waals surface area contributed by atoms with Gasteiger partial charge in [-0.2, -0.15) is 5.10 Å². The zero-order valence-electron chi connectivity index (χ0n) is 11.6. The number of H-pyrrole nitrogens is 1. The Kier molecular flexibility index (Phi) is 4.47. The fourth-order valence-electron chi connectivity index (χ4n) is 2.57. The fraction of sp³-hybridized carbons (Fsp3) is 0.500. The summed E-state index contributed by atoms with van der Waals surface area (Å²) in [4.78, 5) is 4.05. The Bertz CT molecular complexity index is 569. The molecule has 19 heavy (non-hydrogen) atoms. The molecule has 0 aromatic carbocycles. The van der Waals surface area contributed by atoms with Gasteiger partial charge in [-0.25, -0.2) is 0 Å². The summed E-state index contributed by atoms with van der Waals surface area (Å²) in [5.41, 5.74) is 1.04. The lowest BCUT2D eigenvalue weighted by atomic mass is 9.95. The third-order valence-electron chi connectivity index (χ3n) is 3.78. The Morgan fingerprint density at radius 2 is 1.89 bits per heavy atom. The first-order chi connectivity index (χ1) is 9.19. The lowest BCUT2D eigenvalue weighted by Gasteiger charge is -2.23. The van der Waals surface area contributed by atoms with E-state index in [-0.39, 0.29) is 0 Å². The monoisotopic (exact) mass is 276 g/mol. The molecule has 2 aromatic heterocycles. The molecule has 0 aliphatic heterocycles. The van der Waals surface area contributed by atoms with Crippen LogP contribution in [0.15, 0.2) is 24.5 Å². The first kappa shape index (κ1) is 13.9. The van der Waals surface area contributed by atoms with Crippen LogP contribution in [0.1, 0.15) is 39.7 Å². The van der Waals surface area contributed by atoms with E-state index in [1.54, 1.807) is 12.4 Å². The second-order valence-corrected chi connectivity index (χ2v) is 5.16. The van der Waals surface area contributed by atoms with Crippen molar-refractivity contribution in [3.8, 4) is 11.4 Å². The molecule has 1 N–H and O–H groups in total. The molecule has 102 valence electrons. The predicted molar refractivity (Wildman–Crippen MR) is 79.4 cm³/mol. The molecule has 1 unspecified atom stereocenters. The maximum absolute atomic E-state index is 5.39. The number of aromatic amines is 1. The molecular weight excluding hydrogens is 256 g/mol. The SMILES string of the molecule is CCC(CC)C(C)n1c(-c2ccncc2)n[nH]c1=S. The van der Waals surface area contributed by atoms with Crippen molar-refractivity contribution in [2.24, 2.45) is 5.92 Å². The molecular formula is C14H20N4S. The second kappa shape index (κ2) is 6.10. The van der Waals surface area contributed by atoms with E-state index in [0.29, 0.717) is 16.7 Å². The Hall–Kier alpha value is -1.49. The minimum atomic E-state index is 0.337. The molecule has 0 amide bonds. The molecule has 0 aliphatic rings. The lowest BCUT2D eigenvalue weighted by Crippen LogP contribution is -2.16. The molecule has 0 aliphatic carbocycles. The van der Waals surface area contributed by atoms with Gasteiger partial charge in [0.2, 0.25) is 0 Å². The fourth-order valence-corrected chi connectivity index (χ4v) is 2.87. The maximum atomic E-state index is 5.39. The first-order valence-electron chi connectivity index (χ1n) is 6.76. The zero-order chi connectivity index (χ0) is 13.8. The largest absolute Gasteiger partial charge is 0.297 e. The van der Waals surface area contributed by atoms with Crippen LogP contribution in [0.4, 0.5) is 0 Å². The van der Waals surface area contributed by atoms with Crippen molar-refractivity contribution in [1.29, 1.82) is 0 Å². The predicted octanol–water partition coefficient (Wildman–Crippen LogP) is 4.00. The van der Waals surface area contributed by atoms with Crippen molar-refractivity contribution in [3.63, 3.8) is 0 Å². The number of hydrogen-bond acceptors (Lipinski definition) is 3. The van der Waals surface area contributed by atoms with Crippen LogP contribution in [0, 0.1) is 10.7 Å². The van der Waals surface area contributed by atoms with Crippen molar-refractivity contribution in [3.05, 3.63) is 29.3 Å². The number of hydrogen-bond donors (Lipinski definition) is 1. The third kappa shape index (κ3) is 2.76. The van der Waals surface area contributed by atoms with E-state index in [4.69, 9.17) is 12.2 Å². The Labute approximate surface area is 118 Å². The van der Waals surface area contributed by atoms with Crippen LogP contribution in [0.5, 0.6) is 0 Å². The highest BCUT2D eigenvalue weighted by molar-refractivity contribution is 7.71. The van der Waals surface area contributed by atoms with Crippen molar-refractivity contribution in [2.45, 2.75) is 39.7 Å². The van der Waals surface area contributed by atoms with Gasteiger partial charge < -0.3 is 0 Å². The van der Waals surface area contributed by atoms with E-state index in [2.05, 4.69) is 40.5 Å². The zero-order valence-corrected chi connectivity index (χ0v) is 12.4. The van der Waals surface area contributed by atoms with E-state index >= 15 is 0 Å². The number of nitrogens with zero attached hydrogens (tertiary/aromatic N) is 3. The number of rotatable bonds is 5. The van der Waals surface area contributed by atoms with Crippen LogP contribution < -0.4 is 0 Å². The molecule has 0 spiro atoms. The van der Waals surface area contributed by atoms with Crippen LogP contribution in [-0.4, -0.2) is 19.7 Å². The van der Waals surface area contributed by atoms with Crippen molar-refractivity contribution in [2.75, 3.05) is 0 Å². The first-order valence-corrected chi connectivity index (χ1v) is 7.17. The summed E-state index contributed by atoms with van der Waals surface area (Å²) in [6.07, 6.45) is 5.83. The second-order valence-electron chi connectivity index (χ2n) is 4.78. The van der Waals surface area contributed by atoms with Gasteiger partial charge in [0.25, 0.3) is 0 Å². The summed E-state index contributed by atoms with van der Waals surface area (Å²) in [6, 6.07) is 4.26. The van der Waals surface area contributed by atoms with Crippen molar-refractivity contribution >= 4 is 12.2 Å². The number of nitrogens with one attached hydrogen (secondary N) is 1. The highest BCUT2D eigenvalue weighted by Crippen LogP contribution is 2.28. The smallest absolute Gasteiger partial charge is 0.195 e. The van der Waals surface area contributed by atoms with Gasteiger partial charge in [0.1, 0.15) is 0 Å². The summed E-state index contributed by atoms with van der Waals surface area (Å²) >= 11 is 5.39. The average Bonchev–Trinajstić information content (AvgIpc) is 2.83. The molecule has 1 atom stereocenters. The van der Waals surface area contributed by atoms with Crippen LogP contribution >= 0.6 is 12.2 Å². The Morgan fingerprint density at radius 3 is 2.47 bits per heavy atom. The van der Waals surface area contributed by atoms with Gasteiger partial charge in [0.05, 0.1) is 0 Å². The van der Waals surface area contributed by atoms with Crippen LogP contribution in [0.3, 0.4) is 0 Å². The summed E-state index contributed by atoms with van der Waals surface area (Å²) < 4.78 is 2.81. The molecule has 2 aromatic rings. The normalized spacial score (nSPS) is 12.8. The van der Waals surface area contributed by atoms with E-state index < -0.39 is 0 Å². The average molecular weight is 276 g/mol.